The Morgan fingerprint density at radius 1 is 1.13 bits per heavy atom. The van der Waals surface area contributed by atoms with Crippen LogP contribution in [-0.2, 0) is 4.79 Å². The van der Waals surface area contributed by atoms with E-state index in [1.165, 1.54) is 6.92 Å². The first-order chi connectivity index (χ1) is 7.25. The molecular weight excluding hydrogens is 190 g/mol. The molecule has 1 N–H and O–H groups in total. The van der Waals surface area contributed by atoms with Gasteiger partial charge in [0.2, 0.25) is 5.91 Å². The number of hydrogen-bond donors (Lipinski definition) is 1. The first-order valence-corrected chi connectivity index (χ1v) is 4.68. The number of carbonyl (C=O) groups excluding carboxylic acids is 1. The Morgan fingerprint density at radius 3 is 2.60 bits per heavy atom. The van der Waals surface area contributed by atoms with E-state index >= 15 is 0 Å². The van der Waals surface area contributed by atoms with Crippen LogP contribution in [0, 0.1) is 0 Å². The third-order valence-electron chi connectivity index (χ3n) is 2.03. The van der Waals surface area contributed by atoms with Crippen LogP contribution < -0.4 is 10.3 Å². The third kappa shape index (κ3) is 2.26. The molecular formula is C12H11NO2. The van der Waals surface area contributed by atoms with Gasteiger partial charge in [-0.05, 0) is 22.9 Å². The number of benzene rings is 2. The van der Waals surface area contributed by atoms with Gasteiger partial charge in [0.25, 0.3) is 0 Å². The summed E-state index contributed by atoms with van der Waals surface area (Å²) in [6.07, 6.45) is 0. The molecule has 0 bridgehead atoms. The quantitative estimate of drug-likeness (QED) is 0.757. The zero-order chi connectivity index (χ0) is 10.7. The van der Waals surface area contributed by atoms with Crippen molar-refractivity contribution in [3.8, 4) is 5.75 Å². The van der Waals surface area contributed by atoms with Crippen molar-refractivity contribution in [2.24, 2.45) is 0 Å². The highest BCUT2D eigenvalue weighted by Gasteiger charge is 1.97. The Kier molecular flexibility index (Phi) is 2.54. The second-order valence-corrected chi connectivity index (χ2v) is 3.27. The minimum atomic E-state index is -0.219. The summed E-state index contributed by atoms with van der Waals surface area (Å²) >= 11 is 0. The SMILES string of the molecule is CC(=O)NOc1ccc2ccccc2c1. The lowest BCUT2D eigenvalue weighted by Crippen LogP contribution is -2.23. The van der Waals surface area contributed by atoms with Crippen molar-refractivity contribution in [1.29, 1.82) is 0 Å². The summed E-state index contributed by atoms with van der Waals surface area (Å²) < 4.78 is 0. The number of amides is 1. The summed E-state index contributed by atoms with van der Waals surface area (Å²) in [5.74, 6) is 0.409. The van der Waals surface area contributed by atoms with Gasteiger partial charge in [-0.15, -0.1) is 0 Å². The number of carbonyl (C=O) groups is 1. The maximum Gasteiger partial charge on any atom is 0.249 e. The molecule has 3 heteroatoms. The van der Waals surface area contributed by atoms with E-state index in [4.69, 9.17) is 4.84 Å². The number of hydroxylamine groups is 1. The van der Waals surface area contributed by atoms with Crippen LogP contribution in [0.5, 0.6) is 5.75 Å². The molecule has 1 amide bonds. The fourth-order valence-corrected chi connectivity index (χ4v) is 1.36. The molecule has 0 heterocycles. The molecule has 0 atom stereocenters. The minimum Gasteiger partial charge on any atom is -0.380 e. The fraction of sp³-hybridized carbons (Fsp3) is 0.0833. The average Bonchev–Trinajstić information content (AvgIpc) is 2.26. The highest BCUT2D eigenvalue weighted by atomic mass is 16.7. The van der Waals surface area contributed by atoms with Crippen LogP contribution in [0.4, 0.5) is 0 Å². The van der Waals surface area contributed by atoms with E-state index in [-0.39, 0.29) is 5.91 Å². The fourth-order valence-electron chi connectivity index (χ4n) is 1.36. The predicted molar refractivity (Wildman–Crippen MR) is 58.4 cm³/mol. The maximum atomic E-state index is 10.6. The average molecular weight is 201 g/mol. The summed E-state index contributed by atoms with van der Waals surface area (Å²) in [4.78, 5) is 15.7. The summed E-state index contributed by atoms with van der Waals surface area (Å²) in [5, 5.41) is 2.23. The van der Waals surface area contributed by atoms with E-state index in [1.807, 2.05) is 42.5 Å². The molecule has 76 valence electrons. The Morgan fingerprint density at radius 2 is 1.87 bits per heavy atom. The molecule has 0 radical (unpaired) electrons. The normalized spacial score (nSPS) is 9.93. The van der Waals surface area contributed by atoms with Crippen molar-refractivity contribution < 1.29 is 9.63 Å². The van der Waals surface area contributed by atoms with Crippen LogP contribution in [0.2, 0.25) is 0 Å². The Balaban J connectivity index is 2.26. The van der Waals surface area contributed by atoms with E-state index < -0.39 is 0 Å². The molecule has 0 saturated heterocycles. The molecule has 0 aliphatic rings. The lowest BCUT2D eigenvalue weighted by atomic mass is 10.1. The van der Waals surface area contributed by atoms with Crippen LogP contribution >= 0.6 is 0 Å². The second-order valence-electron chi connectivity index (χ2n) is 3.27. The van der Waals surface area contributed by atoms with Crippen molar-refractivity contribution in [2.45, 2.75) is 6.92 Å². The minimum absolute atomic E-state index is 0.219. The van der Waals surface area contributed by atoms with Gasteiger partial charge in [0.05, 0.1) is 0 Å². The first kappa shape index (κ1) is 9.52. The van der Waals surface area contributed by atoms with Crippen molar-refractivity contribution >= 4 is 16.7 Å². The Hall–Kier alpha value is -2.03. The molecule has 0 spiro atoms. The van der Waals surface area contributed by atoms with Gasteiger partial charge in [-0.25, -0.2) is 0 Å². The summed E-state index contributed by atoms with van der Waals surface area (Å²) in [6, 6.07) is 13.6. The predicted octanol–water partition coefficient (Wildman–Crippen LogP) is 2.27. The zero-order valence-electron chi connectivity index (χ0n) is 8.36. The summed E-state index contributed by atoms with van der Waals surface area (Å²) in [7, 11) is 0. The van der Waals surface area contributed by atoms with Gasteiger partial charge < -0.3 is 4.84 Å². The monoisotopic (exact) mass is 201 g/mol. The zero-order valence-corrected chi connectivity index (χ0v) is 8.36. The van der Waals surface area contributed by atoms with Gasteiger partial charge >= 0.3 is 0 Å². The highest BCUT2D eigenvalue weighted by Crippen LogP contribution is 2.19. The van der Waals surface area contributed by atoms with Gasteiger partial charge in [0.15, 0.2) is 5.75 Å². The lowest BCUT2D eigenvalue weighted by Gasteiger charge is -2.05. The van der Waals surface area contributed by atoms with E-state index in [0.717, 1.165) is 10.8 Å². The molecule has 2 aromatic rings. The van der Waals surface area contributed by atoms with Gasteiger partial charge in [0.1, 0.15) is 0 Å². The topological polar surface area (TPSA) is 38.3 Å². The number of nitrogens with one attached hydrogen (secondary N) is 1. The number of fused-ring (bicyclic) bond motifs is 1. The molecule has 3 nitrogen and oxygen atoms in total. The molecule has 2 rings (SSSR count). The van der Waals surface area contributed by atoms with Gasteiger partial charge in [-0.1, -0.05) is 30.3 Å². The molecule has 0 fully saturated rings. The number of rotatable bonds is 2. The van der Waals surface area contributed by atoms with E-state index in [9.17, 15) is 4.79 Å². The van der Waals surface area contributed by atoms with Crippen molar-refractivity contribution in [3.05, 3.63) is 42.5 Å². The van der Waals surface area contributed by atoms with Gasteiger partial charge in [-0.2, -0.15) is 5.48 Å². The van der Waals surface area contributed by atoms with Gasteiger partial charge in [0, 0.05) is 6.92 Å². The van der Waals surface area contributed by atoms with Crippen LogP contribution in [0.1, 0.15) is 6.92 Å². The van der Waals surface area contributed by atoms with Crippen LogP contribution in [0.3, 0.4) is 0 Å². The second kappa shape index (κ2) is 4.00. The summed E-state index contributed by atoms with van der Waals surface area (Å²) in [5.41, 5.74) is 2.29. The molecule has 0 aromatic heterocycles. The maximum absolute atomic E-state index is 10.6. The Bertz CT molecular complexity index is 494. The number of hydrogen-bond acceptors (Lipinski definition) is 2. The third-order valence-corrected chi connectivity index (χ3v) is 2.03. The van der Waals surface area contributed by atoms with Crippen LogP contribution in [0.25, 0.3) is 10.8 Å². The van der Waals surface area contributed by atoms with Crippen molar-refractivity contribution in [3.63, 3.8) is 0 Å². The van der Waals surface area contributed by atoms with Gasteiger partial charge in [-0.3, -0.25) is 4.79 Å². The standard InChI is InChI=1S/C12H11NO2/c1-9(14)13-15-12-7-6-10-4-2-3-5-11(10)8-12/h2-8H,1H3,(H,13,14). The first-order valence-electron chi connectivity index (χ1n) is 4.68. The van der Waals surface area contributed by atoms with E-state index in [1.54, 1.807) is 0 Å². The van der Waals surface area contributed by atoms with Crippen LogP contribution in [-0.4, -0.2) is 5.91 Å². The van der Waals surface area contributed by atoms with E-state index in [2.05, 4.69) is 5.48 Å². The van der Waals surface area contributed by atoms with Crippen LogP contribution in [0.15, 0.2) is 42.5 Å². The van der Waals surface area contributed by atoms with E-state index in [0.29, 0.717) is 5.75 Å². The smallest absolute Gasteiger partial charge is 0.249 e. The highest BCUT2D eigenvalue weighted by molar-refractivity contribution is 5.83. The molecule has 0 saturated carbocycles. The molecule has 2 aromatic carbocycles. The molecule has 15 heavy (non-hydrogen) atoms. The summed E-state index contributed by atoms with van der Waals surface area (Å²) in [6.45, 7) is 1.40. The Labute approximate surface area is 87.6 Å². The lowest BCUT2D eigenvalue weighted by molar-refractivity contribution is -0.125. The molecule has 0 aliphatic heterocycles. The molecule has 0 aliphatic carbocycles. The van der Waals surface area contributed by atoms with Crippen molar-refractivity contribution in [1.82, 2.24) is 5.48 Å². The van der Waals surface area contributed by atoms with Crippen molar-refractivity contribution in [2.75, 3.05) is 0 Å². The largest absolute Gasteiger partial charge is 0.380 e. The molecule has 0 unspecified atom stereocenters.